The van der Waals surface area contributed by atoms with E-state index in [4.69, 9.17) is 5.73 Å². The lowest BCUT2D eigenvalue weighted by atomic mass is 9.98. The van der Waals surface area contributed by atoms with Crippen molar-refractivity contribution in [2.24, 2.45) is 11.7 Å². The van der Waals surface area contributed by atoms with Crippen molar-refractivity contribution in [3.05, 3.63) is 23.8 Å². The lowest BCUT2D eigenvalue weighted by molar-refractivity contribution is 0.438. The Balaban J connectivity index is 2.25. The molecule has 1 aliphatic heterocycles. The predicted molar refractivity (Wildman–Crippen MR) is 76.7 cm³/mol. The smallest absolute Gasteiger partial charge is 0.0423 e. The molecule has 2 N–H and O–H groups in total. The van der Waals surface area contributed by atoms with Crippen molar-refractivity contribution in [1.29, 1.82) is 0 Å². The van der Waals surface area contributed by atoms with Gasteiger partial charge in [0.1, 0.15) is 0 Å². The van der Waals surface area contributed by atoms with Crippen LogP contribution in [0.4, 0.5) is 5.69 Å². The molecule has 0 aromatic heterocycles. The van der Waals surface area contributed by atoms with E-state index in [9.17, 15) is 0 Å². The summed E-state index contributed by atoms with van der Waals surface area (Å²) in [5.41, 5.74) is 8.59. The maximum atomic E-state index is 5.92. The van der Waals surface area contributed by atoms with Gasteiger partial charge in [0, 0.05) is 35.8 Å². The van der Waals surface area contributed by atoms with Crippen LogP contribution < -0.4 is 10.6 Å². The largest absolute Gasteiger partial charge is 0.371 e. The quantitative estimate of drug-likeness (QED) is 0.836. The molecule has 2 nitrogen and oxygen atoms in total. The van der Waals surface area contributed by atoms with Gasteiger partial charge < -0.3 is 10.6 Å². The molecule has 1 fully saturated rings. The molecule has 0 spiro atoms. The van der Waals surface area contributed by atoms with E-state index < -0.39 is 0 Å². The number of rotatable bonds is 3. The molecule has 1 heterocycles. The second kappa shape index (κ2) is 5.78. The van der Waals surface area contributed by atoms with Gasteiger partial charge in [-0.1, -0.05) is 13.0 Å². The first-order valence-corrected chi connectivity index (χ1v) is 7.59. The van der Waals surface area contributed by atoms with E-state index in [1.165, 1.54) is 42.1 Å². The molecule has 1 saturated heterocycles. The number of piperidine rings is 1. The first-order valence-electron chi connectivity index (χ1n) is 6.37. The highest BCUT2D eigenvalue weighted by molar-refractivity contribution is 7.98. The molecule has 3 heteroatoms. The highest BCUT2D eigenvalue weighted by atomic mass is 32.2. The highest BCUT2D eigenvalue weighted by Gasteiger charge is 2.18. The van der Waals surface area contributed by atoms with Crippen molar-refractivity contribution in [2.75, 3.05) is 24.2 Å². The molecule has 0 radical (unpaired) electrons. The van der Waals surface area contributed by atoms with Gasteiger partial charge in [-0.05, 0) is 37.1 Å². The number of hydrogen-bond acceptors (Lipinski definition) is 3. The van der Waals surface area contributed by atoms with Crippen LogP contribution in [0.1, 0.15) is 25.3 Å². The number of benzene rings is 1. The second-order valence-electron chi connectivity index (χ2n) is 4.83. The minimum Gasteiger partial charge on any atom is -0.371 e. The fourth-order valence-electron chi connectivity index (χ4n) is 2.50. The van der Waals surface area contributed by atoms with E-state index in [0.29, 0.717) is 6.54 Å². The summed E-state index contributed by atoms with van der Waals surface area (Å²) in [6.45, 7) is 5.33. The SMILES string of the molecule is CSc1cccc(N2CCC(C)CC2)c1CN. The minimum absolute atomic E-state index is 0.637. The number of nitrogens with two attached hydrogens (primary N) is 1. The van der Waals surface area contributed by atoms with Crippen LogP contribution in [0.25, 0.3) is 0 Å². The van der Waals surface area contributed by atoms with Crippen molar-refractivity contribution < 1.29 is 0 Å². The molecular weight excluding hydrogens is 228 g/mol. The maximum absolute atomic E-state index is 5.92. The predicted octanol–water partition coefficient (Wildman–Crippen LogP) is 3.10. The van der Waals surface area contributed by atoms with E-state index in [1.807, 2.05) is 0 Å². The summed E-state index contributed by atoms with van der Waals surface area (Å²) in [5, 5.41) is 0. The molecule has 2 rings (SSSR count). The van der Waals surface area contributed by atoms with Gasteiger partial charge in [0.15, 0.2) is 0 Å². The van der Waals surface area contributed by atoms with Crippen molar-refractivity contribution in [3.63, 3.8) is 0 Å². The third-order valence-corrected chi connectivity index (χ3v) is 4.48. The number of nitrogens with zero attached hydrogens (tertiary/aromatic N) is 1. The van der Waals surface area contributed by atoms with Gasteiger partial charge in [0.25, 0.3) is 0 Å². The molecule has 0 amide bonds. The summed E-state index contributed by atoms with van der Waals surface area (Å²) in [5.74, 6) is 0.872. The highest BCUT2D eigenvalue weighted by Crippen LogP contribution is 2.31. The first kappa shape index (κ1) is 12.8. The van der Waals surface area contributed by atoms with E-state index in [0.717, 1.165) is 5.92 Å². The summed E-state index contributed by atoms with van der Waals surface area (Å²) in [4.78, 5) is 3.82. The number of thioether (sulfide) groups is 1. The van der Waals surface area contributed by atoms with Gasteiger partial charge in [0.2, 0.25) is 0 Å². The van der Waals surface area contributed by atoms with Gasteiger partial charge in [-0.25, -0.2) is 0 Å². The van der Waals surface area contributed by atoms with Crippen LogP contribution in [-0.2, 0) is 6.54 Å². The number of hydrogen-bond donors (Lipinski definition) is 1. The molecule has 0 atom stereocenters. The molecule has 0 aliphatic carbocycles. The van der Waals surface area contributed by atoms with Crippen LogP contribution in [0.5, 0.6) is 0 Å². The topological polar surface area (TPSA) is 29.3 Å². The van der Waals surface area contributed by atoms with Crippen LogP contribution >= 0.6 is 11.8 Å². The van der Waals surface area contributed by atoms with Crippen LogP contribution in [0.2, 0.25) is 0 Å². The Labute approximate surface area is 109 Å². The zero-order valence-corrected chi connectivity index (χ0v) is 11.6. The summed E-state index contributed by atoms with van der Waals surface area (Å²) in [7, 11) is 0. The van der Waals surface area contributed by atoms with Crippen molar-refractivity contribution in [1.82, 2.24) is 0 Å². The normalized spacial score (nSPS) is 17.5. The Morgan fingerprint density at radius 1 is 1.35 bits per heavy atom. The molecule has 0 bridgehead atoms. The zero-order valence-electron chi connectivity index (χ0n) is 10.8. The van der Waals surface area contributed by atoms with Gasteiger partial charge >= 0.3 is 0 Å². The third kappa shape index (κ3) is 2.78. The standard InChI is InChI=1S/C14H22N2S/c1-11-6-8-16(9-7-11)13-4-3-5-14(17-2)12(13)10-15/h3-5,11H,6-10,15H2,1-2H3. The molecule has 94 valence electrons. The lowest BCUT2D eigenvalue weighted by Gasteiger charge is -2.33. The Bertz CT molecular complexity index is 370. The summed E-state index contributed by atoms with van der Waals surface area (Å²) in [6, 6.07) is 6.54. The monoisotopic (exact) mass is 250 g/mol. The van der Waals surface area contributed by atoms with Gasteiger partial charge in [-0.2, -0.15) is 0 Å². The fourth-order valence-corrected chi connectivity index (χ4v) is 3.15. The Morgan fingerprint density at radius 3 is 2.65 bits per heavy atom. The van der Waals surface area contributed by atoms with E-state index >= 15 is 0 Å². The number of anilines is 1. The second-order valence-corrected chi connectivity index (χ2v) is 5.68. The van der Waals surface area contributed by atoms with Crippen LogP contribution in [-0.4, -0.2) is 19.3 Å². The molecule has 0 saturated carbocycles. The molecule has 1 aromatic rings. The lowest BCUT2D eigenvalue weighted by Crippen LogP contribution is -2.33. The molecule has 1 aromatic carbocycles. The Kier molecular flexibility index (Phi) is 4.35. The van der Waals surface area contributed by atoms with Gasteiger partial charge in [-0.15, -0.1) is 11.8 Å². The van der Waals surface area contributed by atoms with E-state index in [1.54, 1.807) is 11.8 Å². The molecule has 0 unspecified atom stereocenters. The molecule has 1 aliphatic rings. The summed E-state index contributed by atoms with van der Waals surface area (Å²) >= 11 is 1.79. The summed E-state index contributed by atoms with van der Waals surface area (Å²) < 4.78 is 0. The van der Waals surface area contributed by atoms with Gasteiger partial charge in [0.05, 0.1) is 0 Å². The molecular formula is C14H22N2S. The van der Waals surface area contributed by atoms with Gasteiger partial charge in [-0.3, -0.25) is 0 Å². The van der Waals surface area contributed by atoms with E-state index in [2.05, 4.69) is 36.3 Å². The van der Waals surface area contributed by atoms with Crippen LogP contribution in [0.3, 0.4) is 0 Å². The minimum atomic E-state index is 0.637. The van der Waals surface area contributed by atoms with Crippen molar-refractivity contribution in [2.45, 2.75) is 31.2 Å². The van der Waals surface area contributed by atoms with E-state index in [-0.39, 0.29) is 0 Å². The van der Waals surface area contributed by atoms with Crippen molar-refractivity contribution >= 4 is 17.4 Å². The third-order valence-electron chi connectivity index (χ3n) is 3.66. The molecule has 17 heavy (non-hydrogen) atoms. The average Bonchev–Trinajstić information content (AvgIpc) is 2.38. The zero-order chi connectivity index (χ0) is 12.3. The average molecular weight is 250 g/mol. The Hall–Kier alpha value is -0.670. The fraction of sp³-hybridized carbons (Fsp3) is 0.571. The maximum Gasteiger partial charge on any atom is 0.0423 e. The van der Waals surface area contributed by atoms with Crippen molar-refractivity contribution in [3.8, 4) is 0 Å². The van der Waals surface area contributed by atoms with Crippen LogP contribution in [0, 0.1) is 5.92 Å². The summed E-state index contributed by atoms with van der Waals surface area (Å²) in [6.07, 6.45) is 4.72. The first-order chi connectivity index (χ1) is 8.26. The Morgan fingerprint density at radius 2 is 2.06 bits per heavy atom. The van der Waals surface area contributed by atoms with Crippen LogP contribution in [0.15, 0.2) is 23.1 Å².